The standard InChI is InChI=1S/C15H19N3O2S/c1-11(9-17-14-3-4-14)18-21(19,20)15-5-2-13-10-16-7-6-12(13)8-15/h2,5-8,10-11,14,17-18H,3-4,9H2,1H3. The maximum atomic E-state index is 12.4. The normalized spacial score (nSPS) is 17.0. The minimum atomic E-state index is -3.49. The van der Waals surface area contributed by atoms with Crippen molar-refractivity contribution in [3.05, 3.63) is 36.7 Å². The molecule has 3 rings (SSSR count). The van der Waals surface area contributed by atoms with Crippen LogP contribution in [0.15, 0.2) is 41.6 Å². The molecule has 1 aliphatic rings. The summed E-state index contributed by atoms with van der Waals surface area (Å²) >= 11 is 0. The SMILES string of the molecule is CC(CNC1CC1)NS(=O)(=O)c1ccc2cnccc2c1. The summed E-state index contributed by atoms with van der Waals surface area (Å²) in [5.41, 5.74) is 0. The van der Waals surface area contributed by atoms with E-state index in [1.807, 2.05) is 13.0 Å². The molecule has 1 aromatic carbocycles. The van der Waals surface area contributed by atoms with Gasteiger partial charge in [-0.15, -0.1) is 0 Å². The van der Waals surface area contributed by atoms with Crippen molar-refractivity contribution in [1.82, 2.24) is 15.0 Å². The van der Waals surface area contributed by atoms with Crippen LogP contribution < -0.4 is 10.0 Å². The first-order valence-electron chi connectivity index (χ1n) is 7.14. The molecule has 0 spiro atoms. The molecule has 2 N–H and O–H groups in total. The lowest BCUT2D eigenvalue weighted by molar-refractivity contribution is 0.535. The number of fused-ring (bicyclic) bond motifs is 1. The highest BCUT2D eigenvalue weighted by Crippen LogP contribution is 2.19. The molecule has 5 nitrogen and oxygen atoms in total. The summed E-state index contributed by atoms with van der Waals surface area (Å²) in [6.07, 6.45) is 5.77. The molecule has 21 heavy (non-hydrogen) atoms. The maximum Gasteiger partial charge on any atom is 0.240 e. The molecule has 1 atom stereocenters. The van der Waals surface area contributed by atoms with Crippen molar-refractivity contribution in [1.29, 1.82) is 0 Å². The molecule has 1 aliphatic carbocycles. The van der Waals surface area contributed by atoms with E-state index in [2.05, 4.69) is 15.0 Å². The topological polar surface area (TPSA) is 71.1 Å². The van der Waals surface area contributed by atoms with E-state index in [9.17, 15) is 8.42 Å². The lowest BCUT2D eigenvalue weighted by atomic mass is 10.2. The van der Waals surface area contributed by atoms with Crippen LogP contribution in [0.4, 0.5) is 0 Å². The van der Waals surface area contributed by atoms with Gasteiger partial charge in [-0.25, -0.2) is 13.1 Å². The number of pyridine rings is 1. The Morgan fingerprint density at radius 3 is 2.86 bits per heavy atom. The van der Waals surface area contributed by atoms with Crippen molar-refractivity contribution in [2.24, 2.45) is 0 Å². The summed E-state index contributed by atoms with van der Waals surface area (Å²) in [6.45, 7) is 2.53. The van der Waals surface area contributed by atoms with Crippen LogP contribution in [0.5, 0.6) is 0 Å². The number of nitrogens with one attached hydrogen (secondary N) is 2. The third kappa shape index (κ3) is 3.58. The number of sulfonamides is 1. The van der Waals surface area contributed by atoms with Gasteiger partial charge in [-0.05, 0) is 43.4 Å². The minimum absolute atomic E-state index is 0.135. The highest BCUT2D eigenvalue weighted by molar-refractivity contribution is 7.89. The van der Waals surface area contributed by atoms with Gasteiger partial charge in [-0.3, -0.25) is 4.98 Å². The Kier molecular flexibility index (Phi) is 3.93. The lowest BCUT2D eigenvalue weighted by Crippen LogP contribution is -2.40. The number of hydrogen-bond donors (Lipinski definition) is 2. The van der Waals surface area contributed by atoms with Crippen molar-refractivity contribution >= 4 is 20.8 Å². The van der Waals surface area contributed by atoms with E-state index in [1.54, 1.807) is 30.6 Å². The predicted octanol–water partition coefficient (Wildman–Crippen LogP) is 1.65. The molecular weight excluding hydrogens is 286 g/mol. The van der Waals surface area contributed by atoms with Gasteiger partial charge >= 0.3 is 0 Å². The molecule has 112 valence electrons. The van der Waals surface area contributed by atoms with Gasteiger partial charge in [-0.2, -0.15) is 0 Å². The highest BCUT2D eigenvalue weighted by Gasteiger charge is 2.23. The third-order valence-electron chi connectivity index (χ3n) is 3.57. The van der Waals surface area contributed by atoms with Gasteiger partial charge in [0.1, 0.15) is 0 Å². The monoisotopic (exact) mass is 305 g/mol. The van der Waals surface area contributed by atoms with Crippen molar-refractivity contribution in [3.63, 3.8) is 0 Å². The summed E-state index contributed by atoms with van der Waals surface area (Å²) in [5.74, 6) is 0. The first-order valence-corrected chi connectivity index (χ1v) is 8.62. The number of aromatic nitrogens is 1. The average molecular weight is 305 g/mol. The van der Waals surface area contributed by atoms with Gasteiger partial charge in [0.05, 0.1) is 4.90 Å². The summed E-state index contributed by atoms with van der Waals surface area (Å²) in [5, 5.41) is 5.13. The van der Waals surface area contributed by atoms with Gasteiger partial charge in [0, 0.05) is 36.4 Å². The summed E-state index contributed by atoms with van der Waals surface area (Å²) in [6, 6.07) is 7.33. The van der Waals surface area contributed by atoms with Crippen LogP contribution in [0.25, 0.3) is 10.8 Å². The molecule has 1 fully saturated rings. The number of rotatable bonds is 6. The highest BCUT2D eigenvalue weighted by atomic mass is 32.2. The van der Waals surface area contributed by atoms with Gasteiger partial charge in [0.15, 0.2) is 0 Å². The van der Waals surface area contributed by atoms with Crippen LogP contribution in [-0.2, 0) is 10.0 Å². The van der Waals surface area contributed by atoms with Crippen LogP contribution >= 0.6 is 0 Å². The van der Waals surface area contributed by atoms with Crippen LogP contribution in [0.3, 0.4) is 0 Å². The molecule has 0 aliphatic heterocycles. The van der Waals surface area contributed by atoms with Crippen molar-refractivity contribution in [2.75, 3.05) is 6.54 Å². The van der Waals surface area contributed by atoms with Crippen LogP contribution in [0.1, 0.15) is 19.8 Å². The van der Waals surface area contributed by atoms with E-state index < -0.39 is 10.0 Å². The fourth-order valence-electron chi connectivity index (χ4n) is 2.23. The zero-order chi connectivity index (χ0) is 14.9. The van der Waals surface area contributed by atoms with Crippen LogP contribution in [-0.4, -0.2) is 32.0 Å². The van der Waals surface area contributed by atoms with Crippen molar-refractivity contribution < 1.29 is 8.42 Å². The Morgan fingerprint density at radius 2 is 2.10 bits per heavy atom. The summed E-state index contributed by atoms with van der Waals surface area (Å²) < 4.78 is 27.5. The number of nitrogens with zero attached hydrogens (tertiary/aromatic N) is 1. The van der Waals surface area contributed by atoms with E-state index in [-0.39, 0.29) is 6.04 Å². The summed E-state index contributed by atoms with van der Waals surface area (Å²) in [4.78, 5) is 4.32. The quantitative estimate of drug-likeness (QED) is 0.851. The zero-order valence-corrected chi connectivity index (χ0v) is 12.7. The van der Waals surface area contributed by atoms with Gasteiger partial charge < -0.3 is 5.32 Å². The maximum absolute atomic E-state index is 12.4. The lowest BCUT2D eigenvalue weighted by Gasteiger charge is -2.15. The largest absolute Gasteiger partial charge is 0.312 e. The Labute approximate surface area is 124 Å². The van der Waals surface area contributed by atoms with E-state index in [0.717, 1.165) is 10.8 Å². The molecule has 1 unspecified atom stereocenters. The molecule has 6 heteroatoms. The first-order chi connectivity index (χ1) is 10.0. The molecule has 2 aromatic rings. The Balaban J connectivity index is 1.75. The molecule has 0 radical (unpaired) electrons. The average Bonchev–Trinajstić information content (AvgIpc) is 3.28. The van der Waals surface area contributed by atoms with Crippen LogP contribution in [0.2, 0.25) is 0 Å². The van der Waals surface area contributed by atoms with Crippen molar-refractivity contribution in [2.45, 2.75) is 36.7 Å². The van der Waals surface area contributed by atoms with Crippen molar-refractivity contribution in [3.8, 4) is 0 Å². The fourth-order valence-corrected chi connectivity index (χ4v) is 3.51. The van der Waals surface area contributed by atoms with E-state index in [1.165, 1.54) is 12.8 Å². The first kappa shape index (κ1) is 14.4. The summed E-state index contributed by atoms with van der Waals surface area (Å²) in [7, 11) is -3.49. The smallest absolute Gasteiger partial charge is 0.240 e. The fraction of sp³-hybridized carbons (Fsp3) is 0.400. The zero-order valence-electron chi connectivity index (χ0n) is 11.9. The minimum Gasteiger partial charge on any atom is -0.312 e. The molecule has 0 amide bonds. The second kappa shape index (κ2) is 5.71. The molecule has 0 saturated heterocycles. The van der Waals surface area contributed by atoms with Gasteiger partial charge in [0.2, 0.25) is 10.0 Å². The molecule has 1 aromatic heterocycles. The van der Waals surface area contributed by atoms with Gasteiger partial charge in [0.25, 0.3) is 0 Å². The second-order valence-corrected chi connectivity index (χ2v) is 7.30. The number of hydrogen-bond acceptors (Lipinski definition) is 4. The van der Waals surface area contributed by atoms with E-state index >= 15 is 0 Å². The predicted molar refractivity (Wildman–Crippen MR) is 82.6 cm³/mol. The molecular formula is C15H19N3O2S. The Bertz CT molecular complexity index is 741. The Hall–Kier alpha value is -1.50. The molecule has 1 saturated carbocycles. The number of benzene rings is 1. The third-order valence-corrected chi connectivity index (χ3v) is 5.16. The van der Waals surface area contributed by atoms with E-state index in [4.69, 9.17) is 0 Å². The Morgan fingerprint density at radius 1 is 1.29 bits per heavy atom. The second-order valence-electron chi connectivity index (χ2n) is 5.59. The molecule has 0 bridgehead atoms. The van der Waals surface area contributed by atoms with Crippen LogP contribution in [0, 0.1) is 0 Å². The molecule has 1 heterocycles. The van der Waals surface area contributed by atoms with Gasteiger partial charge in [-0.1, -0.05) is 6.07 Å². The van der Waals surface area contributed by atoms with E-state index in [0.29, 0.717) is 17.5 Å².